The molecule has 1 atom stereocenters. The van der Waals surface area contributed by atoms with Gasteiger partial charge in [0.15, 0.2) is 0 Å². The zero-order valence-electron chi connectivity index (χ0n) is 12.3. The highest BCUT2D eigenvalue weighted by Gasteiger charge is 2.29. The van der Waals surface area contributed by atoms with E-state index in [1.807, 2.05) is 18.7 Å². The zero-order valence-corrected chi connectivity index (χ0v) is 12.3. The number of carbonyl (C=O) groups excluding carboxylic acids is 1. The summed E-state index contributed by atoms with van der Waals surface area (Å²) in [6, 6.07) is 2.33. The number of methoxy groups -OCH3 is 1. The van der Waals surface area contributed by atoms with Crippen molar-refractivity contribution in [1.82, 2.24) is 4.90 Å². The third kappa shape index (κ3) is 4.66. The van der Waals surface area contributed by atoms with Crippen molar-refractivity contribution in [3.8, 4) is 6.07 Å². The number of hydrogen-bond acceptors (Lipinski definition) is 3. The highest BCUT2D eigenvalue weighted by Crippen LogP contribution is 2.18. The first-order valence-electron chi connectivity index (χ1n) is 6.72. The summed E-state index contributed by atoms with van der Waals surface area (Å²) in [5, 5.41) is 9.14. The van der Waals surface area contributed by atoms with E-state index in [2.05, 4.69) is 19.9 Å². The first-order chi connectivity index (χ1) is 8.53. The fourth-order valence-corrected chi connectivity index (χ4v) is 2.06. The van der Waals surface area contributed by atoms with Crippen LogP contribution >= 0.6 is 0 Å². The van der Waals surface area contributed by atoms with Crippen LogP contribution in [0.4, 0.5) is 0 Å². The highest BCUT2D eigenvalue weighted by atomic mass is 16.5. The molecule has 0 aromatic heterocycles. The van der Waals surface area contributed by atoms with E-state index < -0.39 is 5.92 Å². The molecule has 0 heterocycles. The second-order valence-electron chi connectivity index (χ2n) is 4.85. The Bertz CT molecular complexity index is 280. The first kappa shape index (κ1) is 16.9. The van der Waals surface area contributed by atoms with Crippen LogP contribution in [0.15, 0.2) is 0 Å². The molecule has 0 fully saturated rings. The molecular formula is C14H26N2O2. The second-order valence-corrected chi connectivity index (χ2v) is 4.85. The number of amides is 1. The Morgan fingerprint density at radius 2 is 1.89 bits per heavy atom. The number of carbonyl (C=O) groups is 1. The van der Waals surface area contributed by atoms with Gasteiger partial charge in [-0.15, -0.1) is 0 Å². The van der Waals surface area contributed by atoms with Gasteiger partial charge in [0.25, 0.3) is 0 Å². The van der Waals surface area contributed by atoms with E-state index in [-0.39, 0.29) is 17.9 Å². The Morgan fingerprint density at radius 3 is 2.22 bits per heavy atom. The lowest BCUT2D eigenvalue weighted by Crippen LogP contribution is -2.45. The summed E-state index contributed by atoms with van der Waals surface area (Å²) in [5.74, 6) is -0.567. The number of nitriles is 1. The summed E-state index contributed by atoms with van der Waals surface area (Å²) in [4.78, 5) is 14.2. The van der Waals surface area contributed by atoms with Crippen LogP contribution in [0.1, 0.15) is 40.5 Å². The molecule has 1 unspecified atom stereocenters. The predicted octanol–water partition coefficient (Wildman–Crippen LogP) is 2.45. The molecule has 0 aliphatic carbocycles. The van der Waals surface area contributed by atoms with Gasteiger partial charge >= 0.3 is 0 Å². The van der Waals surface area contributed by atoms with Crippen LogP contribution in [-0.2, 0) is 9.53 Å². The lowest BCUT2D eigenvalue weighted by Gasteiger charge is -2.32. The van der Waals surface area contributed by atoms with Crippen molar-refractivity contribution in [2.24, 2.45) is 11.8 Å². The summed E-state index contributed by atoms with van der Waals surface area (Å²) < 4.78 is 5.06. The number of nitrogens with zero attached hydrogens (tertiary/aromatic N) is 2. The molecule has 4 nitrogen and oxygen atoms in total. The Morgan fingerprint density at radius 1 is 1.33 bits per heavy atom. The largest absolute Gasteiger partial charge is 0.383 e. The fourth-order valence-electron chi connectivity index (χ4n) is 2.06. The Hall–Kier alpha value is -1.08. The Labute approximate surface area is 111 Å². The maximum atomic E-state index is 12.4. The molecule has 18 heavy (non-hydrogen) atoms. The molecular weight excluding hydrogens is 228 g/mol. The van der Waals surface area contributed by atoms with Crippen molar-refractivity contribution in [3.05, 3.63) is 0 Å². The third-order valence-electron chi connectivity index (χ3n) is 3.27. The van der Waals surface area contributed by atoms with Gasteiger partial charge in [0.1, 0.15) is 5.92 Å². The summed E-state index contributed by atoms with van der Waals surface area (Å²) in [5.41, 5.74) is 0. The summed E-state index contributed by atoms with van der Waals surface area (Å²) in [7, 11) is 1.62. The Balaban J connectivity index is 4.93. The van der Waals surface area contributed by atoms with Gasteiger partial charge in [-0.1, -0.05) is 27.7 Å². The molecule has 0 saturated heterocycles. The average molecular weight is 254 g/mol. The van der Waals surface area contributed by atoms with Gasteiger partial charge in [-0.05, 0) is 18.8 Å². The SMILES string of the molecule is CCC(CC)N(CCOC)C(=O)C(C#N)C(C)C. The molecule has 0 saturated carbocycles. The van der Waals surface area contributed by atoms with Crippen LogP contribution in [0.3, 0.4) is 0 Å². The van der Waals surface area contributed by atoms with E-state index in [4.69, 9.17) is 10.00 Å². The van der Waals surface area contributed by atoms with Gasteiger partial charge in [0, 0.05) is 19.7 Å². The molecule has 1 amide bonds. The molecule has 0 radical (unpaired) electrons. The lowest BCUT2D eigenvalue weighted by molar-refractivity contribution is -0.138. The number of ether oxygens (including phenoxy) is 1. The van der Waals surface area contributed by atoms with E-state index in [0.29, 0.717) is 13.2 Å². The molecule has 4 heteroatoms. The van der Waals surface area contributed by atoms with E-state index in [1.54, 1.807) is 7.11 Å². The van der Waals surface area contributed by atoms with Gasteiger partial charge in [0.05, 0.1) is 12.7 Å². The van der Waals surface area contributed by atoms with Crippen LogP contribution < -0.4 is 0 Å². The van der Waals surface area contributed by atoms with E-state index >= 15 is 0 Å². The fraction of sp³-hybridized carbons (Fsp3) is 0.857. The Kier molecular flexibility index (Phi) is 8.40. The van der Waals surface area contributed by atoms with Crippen molar-refractivity contribution in [1.29, 1.82) is 5.26 Å². The molecule has 0 spiro atoms. The highest BCUT2D eigenvalue weighted by molar-refractivity contribution is 5.81. The van der Waals surface area contributed by atoms with Gasteiger partial charge in [0.2, 0.25) is 5.91 Å². The topological polar surface area (TPSA) is 53.3 Å². The van der Waals surface area contributed by atoms with Gasteiger partial charge < -0.3 is 9.64 Å². The third-order valence-corrected chi connectivity index (χ3v) is 3.27. The minimum absolute atomic E-state index is 0.0434. The van der Waals surface area contributed by atoms with E-state index in [9.17, 15) is 4.79 Å². The van der Waals surface area contributed by atoms with E-state index in [1.165, 1.54) is 0 Å². The van der Waals surface area contributed by atoms with Crippen molar-refractivity contribution in [2.45, 2.75) is 46.6 Å². The van der Waals surface area contributed by atoms with Gasteiger partial charge in [-0.3, -0.25) is 4.79 Å². The van der Waals surface area contributed by atoms with Crippen LogP contribution in [0.5, 0.6) is 0 Å². The molecule has 0 aliphatic rings. The van der Waals surface area contributed by atoms with Crippen molar-refractivity contribution < 1.29 is 9.53 Å². The molecule has 0 N–H and O–H groups in total. The van der Waals surface area contributed by atoms with E-state index in [0.717, 1.165) is 12.8 Å². The smallest absolute Gasteiger partial charge is 0.240 e. The van der Waals surface area contributed by atoms with Crippen molar-refractivity contribution in [3.63, 3.8) is 0 Å². The second kappa shape index (κ2) is 8.93. The minimum atomic E-state index is -0.553. The minimum Gasteiger partial charge on any atom is -0.383 e. The maximum absolute atomic E-state index is 12.4. The molecule has 0 aliphatic heterocycles. The lowest BCUT2D eigenvalue weighted by atomic mass is 9.94. The average Bonchev–Trinajstić information content (AvgIpc) is 2.34. The number of rotatable bonds is 8. The standard InChI is InChI=1S/C14H26N2O2/c1-6-12(7-2)16(8-9-18-5)14(17)13(10-15)11(3)4/h11-13H,6-9H2,1-5H3. The van der Waals surface area contributed by atoms with Gasteiger partial charge in [-0.2, -0.15) is 5.26 Å². The monoisotopic (exact) mass is 254 g/mol. The predicted molar refractivity (Wildman–Crippen MR) is 71.9 cm³/mol. The molecule has 0 aromatic carbocycles. The zero-order chi connectivity index (χ0) is 14.1. The van der Waals surface area contributed by atoms with Crippen LogP contribution in [0, 0.1) is 23.2 Å². The van der Waals surface area contributed by atoms with Crippen LogP contribution in [0.2, 0.25) is 0 Å². The number of hydrogen-bond donors (Lipinski definition) is 0. The summed E-state index contributed by atoms with van der Waals surface area (Å²) >= 11 is 0. The van der Waals surface area contributed by atoms with Crippen LogP contribution in [-0.4, -0.2) is 37.1 Å². The summed E-state index contributed by atoms with van der Waals surface area (Å²) in [6.07, 6.45) is 1.81. The molecule has 0 aromatic rings. The molecule has 0 rings (SSSR count). The molecule has 0 bridgehead atoms. The van der Waals surface area contributed by atoms with Crippen molar-refractivity contribution in [2.75, 3.05) is 20.3 Å². The quantitative estimate of drug-likeness (QED) is 0.668. The maximum Gasteiger partial charge on any atom is 0.240 e. The molecule has 104 valence electrons. The van der Waals surface area contributed by atoms with Crippen molar-refractivity contribution >= 4 is 5.91 Å². The van der Waals surface area contributed by atoms with Gasteiger partial charge in [-0.25, -0.2) is 0 Å². The normalized spacial score (nSPS) is 12.6. The van der Waals surface area contributed by atoms with Crippen LogP contribution in [0.25, 0.3) is 0 Å². The first-order valence-corrected chi connectivity index (χ1v) is 6.72. The summed E-state index contributed by atoms with van der Waals surface area (Å²) in [6.45, 7) is 9.03.